The third-order valence-electron chi connectivity index (χ3n) is 1.68. The molecule has 0 aliphatic rings. The average Bonchev–Trinajstić information content (AvgIpc) is 2.17. The number of halogens is 1. The number of ether oxygens (including phenoxy) is 1. The number of rotatable bonds is 3. The lowest BCUT2D eigenvalue weighted by atomic mass is 10.2. The van der Waals surface area contributed by atoms with E-state index in [4.69, 9.17) is 10.5 Å². The van der Waals surface area contributed by atoms with E-state index in [0.29, 0.717) is 5.88 Å². The highest BCUT2D eigenvalue weighted by atomic mass is 35.5. The van der Waals surface area contributed by atoms with Crippen molar-refractivity contribution in [3.63, 3.8) is 0 Å². The summed E-state index contributed by atoms with van der Waals surface area (Å²) in [6.45, 7) is 2.01. The fourth-order valence-corrected chi connectivity index (χ4v) is 0.832. The molecule has 1 heterocycles. The Morgan fingerprint density at radius 3 is 2.54 bits per heavy atom. The van der Waals surface area contributed by atoms with Crippen LogP contribution in [0.5, 0.6) is 5.88 Å². The van der Waals surface area contributed by atoms with Crippen molar-refractivity contribution in [1.82, 2.24) is 9.97 Å². The molecule has 1 atom stereocenters. The zero-order valence-corrected chi connectivity index (χ0v) is 8.54. The summed E-state index contributed by atoms with van der Waals surface area (Å²) in [5.41, 5.74) is 6.55. The van der Waals surface area contributed by atoms with E-state index in [9.17, 15) is 0 Å². The maximum Gasteiger partial charge on any atom is 0.231 e. The summed E-state index contributed by atoms with van der Waals surface area (Å²) in [6.07, 6.45) is 4.08. The van der Waals surface area contributed by atoms with Gasteiger partial charge in [0.15, 0.2) is 0 Å². The van der Waals surface area contributed by atoms with Crippen molar-refractivity contribution >= 4 is 12.4 Å². The van der Waals surface area contributed by atoms with Gasteiger partial charge in [-0.2, -0.15) is 0 Å². The normalized spacial score (nSPS) is 11.6. The molecule has 74 valence electrons. The van der Waals surface area contributed by atoms with Gasteiger partial charge in [0, 0.05) is 6.04 Å². The van der Waals surface area contributed by atoms with Crippen LogP contribution in [-0.4, -0.2) is 17.1 Å². The molecule has 2 N–H and O–H groups in total. The predicted molar refractivity (Wildman–Crippen MR) is 53.1 cm³/mol. The number of hydrogen-bond donors (Lipinski definition) is 1. The lowest BCUT2D eigenvalue weighted by Crippen LogP contribution is -2.10. The number of aromatic nitrogens is 2. The summed E-state index contributed by atoms with van der Waals surface area (Å²) in [7, 11) is 1.56. The van der Waals surface area contributed by atoms with Crippen LogP contribution >= 0.6 is 12.4 Å². The first-order valence-corrected chi connectivity index (χ1v) is 3.89. The molecule has 4 nitrogen and oxygen atoms in total. The van der Waals surface area contributed by atoms with Crippen LogP contribution in [0.3, 0.4) is 0 Å². The Balaban J connectivity index is 0.00000144. The number of methoxy groups -OCH3 is 1. The monoisotopic (exact) mass is 203 g/mol. The Morgan fingerprint density at radius 1 is 1.46 bits per heavy atom. The van der Waals surface area contributed by atoms with Gasteiger partial charge < -0.3 is 10.5 Å². The number of nitrogens with zero attached hydrogens (tertiary/aromatic N) is 2. The van der Waals surface area contributed by atoms with Crippen LogP contribution < -0.4 is 10.5 Å². The van der Waals surface area contributed by atoms with E-state index >= 15 is 0 Å². The topological polar surface area (TPSA) is 61.0 Å². The minimum Gasteiger partial charge on any atom is -0.480 e. The van der Waals surface area contributed by atoms with Crippen LogP contribution in [0.2, 0.25) is 0 Å². The van der Waals surface area contributed by atoms with Crippen LogP contribution in [0.4, 0.5) is 0 Å². The molecule has 0 saturated carbocycles. The van der Waals surface area contributed by atoms with Gasteiger partial charge in [-0.25, -0.2) is 4.98 Å². The van der Waals surface area contributed by atoms with E-state index in [1.807, 2.05) is 6.92 Å². The molecular formula is C8H14ClN3O. The second-order valence-electron chi connectivity index (χ2n) is 2.50. The predicted octanol–water partition coefficient (Wildman–Crippen LogP) is 1.32. The van der Waals surface area contributed by atoms with Gasteiger partial charge in [-0.15, -0.1) is 12.4 Å². The van der Waals surface area contributed by atoms with Gasteiger partial charge in [0.25, 0.3) is 0 Å². The van der Waals surface area contributed by atoms with Crippen molar-refractivity contribution in [2.24, 2.45) is 5.73 Å². The van der Waals surface area contributed by atoms with Crippen molar-refractivity contribution in [3.05, 3.63) is 18.1 Å². The molecule has 0 bridgehead atoms. The van der Waals surface area contributed by atoms with E-state index in [2.05, 4.69) is 9.97 Å². The number of hydrogen-bond acceptors (Lipinski definition) is 4. The summed E-state index contributed by atoms with van der Waals surface area (Å²) in [6, 6.07) is -0.0246. The third-order valence-corrected chi connectivity index (χ3v) is 1.68. The number of nitrogens with two attached hydrogens (primary N) is 1. The maximum absolute atomic E-state index is 5.74. The second kappa shape index (κ2) is 5.72. The Hall–Kier alpha value is -0.870. The lowest BCUT2D eigenvalue weighted by Gasteiger charge is -2.06. The third kappa shape index (κ3) is 3.16. The molecule has 0 unspecified atom stereocenters. The van der Waals surface area contributed by atoms with E-state index in [0.717, 1.165) is 12.1 Å². The Kier molecular flexibility index (Phi) is 5.34. The van der Waals surface area contributed by atoms with Gasteiger partial charge in [0.2, 0.25) is 5.88 Å². The quantitative estimate of drug-likeness (QED) is 0.805. The molecule has 1 rings (SSSR count). The van der Waals surface area contributed by atoms with Gasteiger partial charge >= 0.3 is 0 Å². The summed E-state index contributed by atoms with van der Waals surface area (Å²) < 4.78 is 4.87. The van der Waals surface area contributed by atoms with Crippen LogP contribution in [0.25, 0.3) is 0 Å². The van der Waals surface area contributed by atoms with Crippen molar-refractivity contribution in [2.45, 2.75) is 19.4 Å². The van der Waals surface area contributed by atoms with Gasteiger partial charge in [-0.1, -0.05) is 6.92 Å². The Morgan fingerprint density at radius 2 is 2.15 bits per heavy atom. The van der Waals surface area contributed by atoms with E-state index < -0.39 is 0 Å². The standard InChI is InChI=1S/C8H13N3O.ClH/c1-3-6(9)7-4-11-8(12-2)5-10-7;/h4-6H,3,9H2,1-2H3;1H/t6-;/m0./s1. The van der Waals surface area contributed by atoms with E-state index in [1.165, 1.54) is 0 Å². The molecular weight excluding hydrogens is 190 g/mol. The molecule has 0 saturated heterocycles. The van der Waals surface area contributed by atoms with Gasteiger partial charge in [-0.05, 0) is 6.42 Å². The first-order chi connectivity index (χ1) is 5.77. The first-order valence-electron chi connectivity index (χ1n) is 3.89. The maximum atomic E-state index is 5.74. The van der Waals surface area contributed by atoms with Gasteiger partial charge in [0.05, 0.1) is 25.2 Å². The first kappa shape index (κ1) is 12.1. The molecule has 1 aromatic rings. The largest absolute Gasteiger partial charge is 0.480 e. The molecule has 5 heteroatoms. The van der Waals surface area contributed by atoms with Crippen molar-refractivity contribution in [1.29, 1.82) is 0 Å². The van der Waals surface area contributed by atoms with E-state index in [1.54, 1.807) is 19.5 Å². The van der Waals surface area contributed by atoms with Gasteiger partial charge in [0.1, 0.15) is 0 Å². The lowest BCUT2D eigenvalue weighted by molar-refractivity contribution is 0.394. The zero-order chi connectivity index (χ0) is 8.97. The van der Waals surface area contributed by atoms with Gasteiger partial charge in [-0.3, -0.25) is 4.98 Å². The minimum atomic E-state index is -0.0246. The van der Waals surface area contributed by atoms with Crippen molar-refractivity contribution in [3.8, 4) is 5.88 Å². The molecule has 13 heavy (non-hydrogen) atoms. The molecule has 0 amide bonds. The molecule has 0 aliphatic carbocycles. The minimum absolute atomic E-state index is 0. The van der Waals surface area contributed by atoms with Crippen LogP contribution in [0.1, 0.15) is 25.1 Å². The van der Waals surface area contributed by atoms with Crippen LogP contribution in [-0.2, 0) is 0 Å². The van der Waals surface area contributed by atoms with E-state index in [-0.39, 0.29) is 18.4 Å². The molecule has 0 fully saturated rings. The fraction of sp³-hybridized carbons (Fsp3) is 0.500. The molecule has 0 radical (unpaired) electrons. The molecule has 0 aliphatic heterocycles. The average molecular weight is 204 g/mol. The second-order valence-corrected chi connectivity index (χ2v) is 2.50. The highest BCUT2D eigenvalue weighted by Crippen LogP contribution is 2.11. The highest BCUT2D eigenvalue weighted by Gasteiger charge is 2.04. The van der Waals surface area contributed by atoms with Crippen LogP contribution in [0, 0.1) is 0 Å². The van der Waals surface area contributed by atoms with Crippen LogP contribution in [0.15, 0.2) is 12.4 Å². The Bertz CT molecular complexity index is 240. The summed E-state index contributed by atoms with van der Waals surface area (Å²) in [5, 5.41) is 0. The molecule has 1 aromatic heterocycles. The zero-order valence-electron chi connectivity index (χ0n) is 7.73. The summed E-state index contributed by atoms with van der Waals surface area (Å²) in [4.78, 5) is 8.11. The smallest absolute Gasteiger partial charge is 0.231 e. The molecule has 0 aromatic carbocycles. The van der Waals surface area contributed by atoms with Crippen molar-refractivity contribution in [2.75, 3.05) is 7.11 Å². The summed E-state index contributed by atoms with van der Waals surface area (Å²) in [5.74, 6) is 0.516. The summed E-state index contributed by atoms with van der Waals surface area (Å²) >= 11 is 0. The fourth-order valence-electron chi connectivity index (χ4n) is 0.832. The highest BCUT2D eigenvalue weighted by molar-refractivity contribution is 5.85. The SMILES string of the molecule is CC[C@H](N)c1cnc(OC)cn1.Cl. The Labute approximate surface area is 83.9 Å². The van der Waals surface area contributed by atoms with Crippen molar-refractivity contribution < 1.29 is 4.74 Å². The molecule has 0 spiro atoms.